The van der Waals surface area contributed by atoms with E-state index in [1.54, 1.807) is 0 Å². The zero-order valence-corrected chi connectivity index (χ0v) is 15.6. The number of fused-ring (bicyclic) bond motifs is 2. The van der Waals surface area contributed by atoms with Gasteiger partial charge in [0.05, 0.1) is 0 Å². The van der Waals surface area contributed by atoms with E-state index in [-0.39, 0.29) is 35.9 Å². The molecule has 3 amide bonds. The van der Waals surface area contributed by atoms with Gasteiger partial charge in [-0.3, -0.25) is 4.79 Å². The van der Waals surface area contributed by atoms with E-state index in [1.807, 2.05) is 35.2 Å². The van der Waals surface area contributed by atoms with E-state index in [4.69, 9.17) is 0 Å². The van der Waals surface area contributed by atoms with Gasteiger partial charge in [0.25, 0.3) is 5.91 Å². The fourth-order valence-electron chi connectivity index (χ4n) is 4.41. The van der Waals surface area contributed by atoms with Gasteiger partial charge in [-0.2, -0.15) is 0 Å². The van der Waals surface area contributed by atoms with Crippen LogP contribution in [0.2, 0.25) is 0 Å². The molecule has 2 aliphatic rings. The average molecular weight is 381 g/mol. The summed E-state index contributed by atoms with van der Waals surface area (Å²) >= 11 is 0. The molecule has 2 saturated heterocycles. The third-order valence-electron chi connectivity index (χ3n) is 5.68. The summed E-state index contributed by atoms with van der Waals surface area (Å²) in [5.41, 5.74) is 1.24. The summed E-state index contributed by atoms with van der Waals surface area (Å²) in [4.78, 5) is 27.3. The number of piperidine rings is 2. The third kappa shape index (κ3) is 4.01. The van der Waals surface area contributed by atoms with Crippen LogP contribution in [0, 0.1) is 5.82 Å². The smallest absolute Gasteiger partial charge is 0.322 e. The topological polar surface area (TPSA) is 61.4 Å². The normalized spacial score (nSPS) is 23.8. The van der Waals surface area contributed by atoms with Crippen LogP contribution in [0.4, 0.5) is 14.9 Å². The second kappa shape index (κ2) is 8.00. The molecule has 0 saturated carbocycles. The number of carbonyl (C=O) groups is 2. The van der Waals surface area contributed by atoms with E-state index in [0.29, 0.717) is 5.56 Å². The van der Waals surface area contributed by atoms with Crippen LogP contribution in [0.3, 0.4) is 0 Å². The largest absolute Gasteiger partial charge is 0.349 e. The van der Waals surface area contributed by atoms with Crippen molar-refractivity contribution in [2.45, 2.75) is 50.2 Å². The summed E-state index contributed by atoms with van der Waals surface area (Å²) in [7, 11) is 0. The molecule has 2 N–H and O–H groups in total. The lowest BCUT2D eigenvalue weighted by Gasteiger charge is -2.48. The molecule has 2 bridgehead atoms. The Kier molecular flexibility index (Phi) is 5.28. The first kappa shape index (κ1) is 18.5. The Labute approximate surface area is 163 Å². The minimum absolute atomic E-state index is 0.0219. The van der Waals surface area contributed by atoms with E-state index < -0.39 is 0 Å². The molecule has 0 unspecified atom stereocenters. The standard InChI is InChI=1S/C22H24FN3O2/c23-16-11-9-15(10-12-16)21(27)24-18-13-19-7-4-8-20(14-18)26(19)22(28)25-17-5-2-1-3-6-17/h1-3,5-6,9-12,18-20H,4,7-8,13-14H2,(H,24,27)(H,25,28)/t19-,20-/m1/s1. The van der Waals surface area contributed by atoms with Crippen molar-refractivity contribution in [2.24, 2.45) is 0 Å². The first-order valence-corrected chi connectivity index (χ1v) is 9.81. The van der Waals surface area contributed by atoms with Crippen LogP contribution in [0.1, 0.15) is 42.5 Å². The summed E-state index contributed by atoms with van der Waals surface area (Å²) in [6.45, 7) is 0. The maximum Gasteiger partial charge on any atom is 0.322 e. The van der Waals surface area contributed by atoms with Crippen LogP contribution in [0.25, 0.3) is 0 Å². The summed E-state index contributed by atoms with van der Waals surface area (Å²) in [6.07, 6.45) is 4.48. The van der Waals surface area contributed by atoms with Gasteiger partial charge in [-0.25, -0.2) is 9.18 Å². The Morgan fingerprint density at radius 2 is 1.57 bits per heavy atom. The number of hydrogen-bond acceptors (Lipinski definition) is 2. The summed E-state index contributed by atoms with van der Waals surface area (Å²) in [6, 6.07) is 15.2. The number of anilines is 1. The fourth-order valence-corrected chi connectivity index (χ4v) is 4.41. The summed E-state index contributed by atoms with van der Waals surface area (Å²) in [5, 5.41) is 6.06. The minimum atomic E-state index is -0.358. The van der Waals surface area contributed by atoms with E-state index >= 15 is 0 Å². The number of rotatable bonds is 3. The Morgan fingerprint density at radius 3 is 2.21 bits per heavy atom. The van der Waals surface area contributed by atoms with Gasteiger partial charge >= 0.3 is 6.03 Å². The van der Waals surface area contributed by atoms with E-state index in [2.05, 4.69) is 10.6 Å². The van der Waals surface area contributed by atoms with Crippen LogP contribution >= 0.6 is 0 Å². The van der Waals surface area contributed by atoms with Crippen molar-refractivity contribution >= 4 is 17.6 Å². The average Bonchev–Trinajstić information content (AvgIpc) is 2.68. The van der Waals surface area contributed by atoms with Crippen LogP contribution in [-0.2, 0) is 0 Å². The molecule has 2 heterocycles. The number of halogens is 1. The van der Waals surface area contributed by atoms with Crippen LogP contribution in [0.15, 0.2) is 54.6 Å². The fraction of sp³-hybridized carbons (Fsp3) is 0.364. The first-order chi connectivity index (χ1) is 13.6. The first-order valence-electron chi connectivity index (χ1n) is 9.81. The highest BCUT2D eigenvalue weighted by Gasteiger charge is 2.41. The zero-order valence-electron chi connectivity index (χ0n) is 15.6. The lowest BCUT2D eigenvalue weighted by Crippen LogP contribution is -2.59. The number of para-hydroxylation sites is 1. The van der Waals surface area contributed by atoms with Crippen molar-refractivity contribution in [2.75, 3.05) is 5.32 Å². The Hall–Kier alpha value is -2.89. The second-order valence-corrected chi connectivity index (χ2v) is 7.59. The molecule has 6 heteroatoms. The molecular formula is C22H24FN3O2. The highest BCUT2D eigenvalue weighted by atomic mass is 19.1. The molecule has 0 aliphatic carbocycles. The Morgan fingerprint density at radius 1 is 0.929 bits per heavy atom. The summed E-state index contributed by atoms with van der Waals surface area (Å²) in [5.74, 6) is -0.547. The molecule has 0 spiro atoms. The number of benzene rings is 2. The van der Waals surface area contributed by atoms with Gasteiger partial charge in [-0.15, -0.1) is 0 Å². The Balaban J connectivity index is 1.41. The number of hydrogen-bond donors (Lipinski definition) is 2. The minimum Gasteiger partial charge on any atom is -0.349 e. The molecule has 146 valence electrons. The zero-order chi connectivity index (χ0) is 19.5. The van der Waals surface area contributed by atoms with Gasteiger partial charge in [0, 0.05) is 29.4 Å². The lowest BCUT2D eigenvalue weighted by atomic mass is 9.82. The predicted molar refractivity (Wildman–Crippen MR) is 106 cm³/mol. The molecular weight excluding hydrogens is 357 g/mol. The number of nitrogens with one attached hydrogen (secondary N) is 2. The molecule has 2 fully saturated rings. The van der Waals surface area contributed by atoms with Gasteiger partial charge in [-0.05, 0) is 68.5 Å². The molecule has 0 radical (unpaired) electrons. The van der Waals surface area contributed by atoms with Crippen molar-refractivity contribution in [1.82, 2.24) is 10.2 Å². The van der Waals surface area contributed by atoms with Gasteiger partial charge in [0.1, 0.15) is 5.82 Å². The van der Waals surface area contributed by atoms with Gasteiger partial charge < -0.3 is 15.5 Å². The second-order valence-electron chi connectivity index (χ2n) is 7.59. The molecule has 2 aromatic rings. The molecule has 4 rings (SSSR count). The number of nitrogens with zero attached hydrogens (tertiary/aromatic N) is 1. The van der Waals surface area contributed by atoms with Crippen molar-refractivity contribution in [3.8, 4) is 0 Å². The van der Waals surface area contributed by atoms with Crippen molar-refractivity contribution in [1.29, 1.82) is 0 Å². The molecule has 2 aliphatic heterocycles. The quantitative estimate of drug-likeness (QED) is 0.838. The van der Waals surface area contributed by atoms with Gasteiger partial charge in [0.15, 0.2) is 0 Å². The van der Waals surface area contributed by atoms with Crippen molar-refractivity contribution in [3.63, 3.8) is 0 Å². The van der Waals surface area contributed by atoms with E-state index in [0.717, 1.165) is 37.8 Å². The third-order valence-corrected chi connectivity index (χ3v) is 5.68. The van der Waals surface area contributed by atoms with Crippen molar-refractivity contribution in [3.05, 3.63) is 66.0 Å². The van der Waals surface area contributed by atoms with Gasteiger partial charge in [-0.1, -0.05) is 18.2 Å². The molecule has 2 atom stereocenters. The lowest BCUT2D eigenvalue weighted by molar-refractivity contribution is 0.0577. The molecule has 2 aromatic carbocycles. The van der Waals surface area contributed by atoms with Crippen LogP contribution in [-0.4, -0.2) is 35.0 Å². The maximum atomic E-state index is 13.1. The van der Waals surface area contributed by atoms with Crippen LogP contribution < -0.4 is 10.6 Å². The Bertz CT molecular complexity index is 827. The SMILES string of the molecule is O=C(NC1C[C@H]2CCC[C@H](C1)N2C(=O)Nc1ccccc1)c1ccc(F)cc1. The monoisotopic (exact) mass is 381 g/mol. The van der Waals surface area contributed by atoms with E-state index in [9.17, 15) is 14.0 Å². The van der Waals surface area contributed by atoms with Crippen LogP contribution in [0.5, 0.6) is 0 Å². The number of carbonyl (C=O) groups excluding carboxylic acids is 2. The predicted octanol–water partition coefficient (Wildman–Crippen LogP) is 4.17. The van der Waals surface area contributed by atoms with Crippen molar-refractivity contribution < 1.29 is 14.0 Å². The summed E-state index contributed by atoms with van der Waals surface area (Å²) < 4.78 is 13.1. The number of urea groups is 1. The number of amides is 3. The molecule has 0 aromatic heterocycles. The highest BCUT2D eigenvalue weighted by molar-refractivity contribution is 5.94. The molecule has 28 heavy (non-hydrogen) atoms. The molecule has 5 nitrogen and oxygen atoms in total. The maximum absolute atomic E-state index is 13.1. The highest BCUT2D eigenvalue weighted by Crippen LogP contribution is 2.34. The van der Waals surface area contributed by atoms with Gasteiger partial charge in [0.2, 0.25) is 0 Å². The van der Waals surface area contributed by atoms with E-state index in [1.165, 1.54) is 24.3 Å².